The molecule has 0 unspecified atom stereocenters. The summed E-state index contributed by atoms with van der Waals surface area (Å²) in [6.07, 6.45) is 0.754. The highest BCUT2D eigenvalue weighted by molar-refractivity contribution is 6.34. The van der Waals surface area contributed by atoms with Crippen LogP contribution in [0.2, 0.25) is 5.02 Å². The number of carbonyl (C=O) groups is 2. The zero-order valence-corrected chi connectivity index (χ0v) is 15.2. The van der Waals surface area contributed by atoms with Crippen LogP contribution in [0.15, 0.2) is 72.8 Å². The maximum Gasteiger partial charge on any atom is 0.258 e. The lowest BCUT2D eigenvalue weighted by molar-refractivity contribution is 0.0987. The van der Waals surface area contributed by atoms with E-state index in [1.807, 2.05) is 48.5 Å². The first-order valence-corrected chi connectivity index (χ1v) is 9.07. The quantitative estimate of drug-likeness (QED) is 0.714. The minimum Gasteiger partial charge on any atom is -0.322 e. The van der Waals surface area contributed by atoms with Gasteiger partial charge < -0.3 is 10.2 Å². The summed E-state index contributed by atoms with van der Waals surface area (Å²) in [7, 11) is 0. The van der Waals surface area contributed by atoms with Crippen molar-refractivity contribution in [3.05, 3.63) is 94.5 Å². The van der Waals surface area contributed by atoms with Crippen molar-refractivity contribution in [2.45, 2.75) is 6.42 Å². The van der Waals surface area contributed by atoms with E-state index in [4.69, 9.17) is 11.6 Å². The molecule has 3 aromatic carbocycles. The molecule has 1 aliphatic rings. The minimum atomic E-state index is -0.254. The van der Waals surface area contributed by atoms with Crippen molar-refractivity contribution in [1.29, 1.82) is 0 Å². The second-order valence-corrected chi connectivity index (χ2v) is 6.76. The van der Waals surface area contributed by atoms with Gasteiger partial charge in [-0.2, -0.15) is 0 Å². The molecule has 0 spiro atoms. The molecule has 4 rings (SSSR count). The highest BCUT2D eigenvalue weighted by Crippen LogP contribution is 2.32. The van der Waals surface area contributed by atoms with Crippen LogP contribution in [-0.2, 0) is 6.42 Å². The van der Waals surface area contributed by atoms with Gasteiger partial charge in [-0.3, -0.25) is 9.59 Å². The summed E-state index contributed by atoms with van der Waals surface area (Å²) in [5.74, 6) is -0.266. The Balaban J connectivity index is 1.54. The van der Waals surface area contributed by atoms with Gasteiger partial charge in [0.2, 0.25) is 0 Å². The fourth-order valence-electron chi connectivity index (χ4n) is 3.27. The van der Waals surface area contributed by atoms with Crippen molar-refractivity contribution in [3.8, 4) is 0 Å². The van der Waals surface area contributed by atoms with Gasteiger partial charge in [0.05, 0.1) is 10.6 Å². The molecule has 134 valence electrons. The third-order valence-corrected chi connectivity index (χ3v) is 4.95. The number of hydrogen-bond donors (Lipinski definition) is 1. The summed E-state index contributed by atoms with van der Waals surface area (Å²) in [6.45, 7) is 0.630. The third-order valence-electron chi connectivity index (χ3n) is 4.62. The van der Waals surface area contributed by atoms with Crippen molar-refractivity contribution >= 4 is 34.8 Å². The van der Waals surface area contributed by atoms with Gasteiger partial charge in [0.1, 0.15) is 0 Å². The summed E-state index contributed by atoms with van der Waals surface area (Å²) >= 11 is 6.09. The first-order chi connectivity index (χ1) is 13.1. The molecule has 0 aromatic heterocycles. The van der Waals surface area contributed by atoms with Gasteiger partial charge in [-0.25, -0.2) is 0 Å². The van der Waals surface area contributed by atoms with Crippen LogP contribution in [0.1, 0.15) is 26.3 Å². The Bertz CT molecular complexity index is 1020. The lowest BCUT2D eigenvalue weighted by Gasteiger charge is -2.17. The van der Waals surface area contributed by atoms with Crippen LogP contribution in [-0.4, -0.2) is 18.4 Å². The number of carbonyl (C=O) groups excluding carboxylic acids is 2. The monoisotopic (exact) mass is 376 g/mol. The zero-order valence-electron chi connectivity index (χ0n) is 14.5. The molecule has 0 bridgehead atoms. The summed E-state index contributed by atoms with van der Waals surface area (Å²) in [5, 5.41) is 3.29. The molecule has 1 heterocycles. The molecule has 5 heteroatoms. The molecular formula is C22H17ClN2O2. The zero-order chi connectivity index (χ0) is 18.8. The largest absolute Gasteiger partial charge is 0.322 e. The number of nitrogens with zero attached hydrogens (tertiary/aromatic N) is 1. The molecule has 0 radical (unpaired) electrons. The van der Waals surface area contributed by atoms with Gasteiger partial charge >= 0.3 is 0 Å². The average molecular weight is 377 g/mol. The van der Waals surface area contributed by atoms with Gasteiger partial charge in [-0.1, -0.05) is 41.9 Å². The lowest BCUT2D eigenvalue weighted by Crippen LogP contribution is -2.28. The number of anilines is 2. The van der Waals surface area contributed by atoms with Crippen LogP contribution in [0.3, 0.4) is 0 Å². The van der Waals surface area contributed by atoms with Crippen molar-refractivity contribution in [2.75, 3.05) is 16.8 Å². The number of rotatable bonds is 3. The molecule has 0 fully saturated rings. The molecule has 1 N–H and O–H groups in total. The Morgan fingerprint density at radius 1 is 0.926 bits per heavy atom. The Kier molecular flexibility index (Phi) is 4.65. The van der Waals surface area contributed by atoms with Crippen molar-refractivity contribution in [3.63, 3.8) is 0 Å². The summed E-state index contributed by atoms with van der Waals surface area (Å²) in [6, 6.07) is 21.8. The topological polar surface area (TPSA) is 49.4 Å². The van der Waals surface area contributed by atoms with E-state index in [1.165, 1.54) is 0 Å². The molecule has 2 amide bonds. The molecule has 1 aliphatic heterocycles. The number of amides is 2. The van der Waals surface area contributed by atoms with E-state index in [-0.39, 0.29) is 11.8 Å². The second-order valence-electron chi connectivity index (χ2n) is 6.35. The number of halogens is 1. The maximum absolute atomic E-state index is 12.7. The predicted molar refractivity (Wildman–Crippen MR) is 108 cm³/mol. The Labute approximate surface area is 162 Å². The van der Waals surface area contributed by atoms with E-state index in [9.17, 15) is 9.59 Å². The first kappa shape index (κ1) is 17.3. The van der Waals surface area contributed by atoms with Crippen LogP contribution < -0.4 is 10.2 Å². The van der Waals surface area contributed by atoms with Crippen LogP contribution >= 0.6 is 11.6 Å². The highest BCUT2D eigenvalue weighted by Gasteiger charge is 2.25. The van der Waals surface area contributed by atoms with Crippen molar-refractivity contribution in [2.24, 2.45) is 0 Å². The predicted octanol–water partition coefficient (Wildman–Crippen LogP) is 4.80. The highest BCUT2D eigenvalue weighted by atomic mass is 35.5. The molecule has 0 aliphatic carbocycles. The van der Waals surface area contributed by atoms with Gasteiger partial charge in [0, 0.05) is 23.5 Å². The van der Waals surface area contributed by atoms with E-state index in [0.717, 1.165) is 17.7 Å². The van der Waals surface area contributed by atoms with Gasteiger partial charge in [-0.15, -0.1) is 0 Å². The van der Waals surface area contributed by atoms with Crippen LogP contribution in [0.4, 0.5) is 11.4 Å². The molecule has 0 atom stereocenters. The molecule has 0 saturated carbocycles. The van der Waals surface area contributed by atoms with Crippen molar-refractivity contribution in [1.82, 2.24) is 0 Å². The van der Waals surface area contributed by atoms with Gasteiger partial charge in [0.15, 0.2) is 0 Å². The Morgan fingerprint density at radius 3 is 2.44 bits per heavy atom. The fraction of sp³-hybridized carbons (Fsp3) is 0.0909. The standard InChI is InChI=1S/C22H17ClN2O2/c23-19-9-5-4-8-18(19)21(26)24-17-10-11-20-16(14-17)12-13-25(20)22(27)15-6-2-1-3-7-15/h1-11,14H,12-13H2,(H,24,26). The van der Waals surface area contributed by atoms with Crippen molar-refractivity contribution < 1.29 is 9.59 Å². The van der Waals surface area contributed by atoms with Gasteiger partial charge in [0.25, 0.3) is 11.8 Å². The first-order valence-electron chi connectivity index (χ1n) is 8.69. The van der Waals surface area contributed by atoms with Crippen LogP contribution in [0.25, 0.3) is 0 Å². The smallest absolute Gasteiger partial charge is 0.258 e. The SMILES string of the molecule is O=C(Nc1ccc2c(c1)CCN2C(=O)c1ccccc1)c1ccccc1Cl. The molecule has 3 aromatic rings. The molecule has 27 heavy (non-hydrogen) atoms. The van der Waals surface area contributed by atoms with E-state index >= 15 is 0 Å². The average Bonchev–Trinajstić information content (AvgIpc) is 3.11. The maximum atomic E-state index is 12.7. The third kappa shape index (κ3) is 3.44. The summed E-state index contributed by atoms with van der Waals surface area (Å²) in [5.41, 5.74) is 3.71. The molecule has 4 nitrogen and oxygen atoms in total. The Hall–Kier alpha value is -3.11. The minimum absolute atomic E-state index is 0.0118. The number of hydrogen-bond acceptors (Lipinski definition) is 2. The lowest BCUT2D eigenvalue weighted by atomic mass is 10.1. The number of fused-ring (bicyclic) bond motifs is 1. The van der Waals surface area contributed by atoms with Crippen LogP contribution in [0.5, 0.6) is 0 Å². The molecule has 0 saturated heterocycles. The number of nitrogens with one attached hydrogen (secondary N) is 1. The van der Waals surface area contributed by atoms with Gasteiger partial charge in [-0.05, 0) is 54.4 Å². The van der Waals surface area contributed by atoms with E-state index in [0.29, 0.717) is 28.4 Å². The Morgan fingerprint density at radius 2 is 1.67 bits per heavy atom. The fourth-order valence-corrected chi connectivity index (χ4v) is 3.49. The summed E-state index contributed by atoms with van der Waals surface area (Å²) in [4.78, 5) is 27.0. The van der Waals surface area contributed by atoms with E-state index in [2.05, 4.69) is 5.32 Å². The van der Waals surface area contributed by atoms with E-state index in [1.54, 1.807) is 29.2 Å². The second kappa shape index (κ2) is 7.25. The normalized spacial score (nSPS) is 12.6. The van der Waals surface area contributed by atoms with Crippen LogP contribution in [0, 0.1) is 0 Å². The van der Waals surface area contributed by atoms with E-state index < -0.39 is 0 Å². The number of benzene rings is 3. The molecular weight excluding hydrogens is 360 g/mol. The summed E-state index contributed by atoms with van der Waals surface area (Å²) < 4.78 is 0.